The largest absolute Gasteiger partial charge is 0.384 e. The highest BCUT2D eigenvalue weighted by Crippen LogP contribution is 2.28. The molecule has 2 aromatic heterocycles. The van der Waals surface area contributed by atoms with Gasteiger partial charge in [0.05, 0.1) is 17.7 Å². The Balaban J connectivity index is 1.79. The fraction of sp³-hybridized carbons (Fsp3) is 0.208. The topological polar surface area (TPSA) is 95.1 Å². The minimum absolute atomic E-state index is 0.126. The normalized spacial score (nSPS) is 11.1. The van der Waals surface area contributed by atoms with Crippen LogP contribution in [-0.4, -0.2) is 34.2 Å². The van der Waals surface area contributed by atoms with Crippen LogP contribution < -0.4 is 11.1 Å². The third-order valence-corrected chi connectivity index (χ3v) is 5.27. The number of hydrogen-bond donors (Lipinski definition) is 2. The second-order valence-corrected chi connectivity index (χ2v) is 7.50. The van der Waals surface area contributed by atoms with Gasteiger partial charge < -0.3 is 15.8 Å². The number of hydrogen-bond acceptors (Lipinski definition) is 5. The molecule has 0 aliphatic carbocycles. The van der Waals surface area contributed by atoms with Gasteiger partial charge >= 0.3 is 0 Å². The molecular weight excluding hydrogens is 409 g/mol. The number of benzene rings is 2. The van der Waals surface area contributed by atoms with E-state index in [4.69, 9.17) is 15.5 Å². The SMILES string of the molecule is COCCc1cnc(-n2c(C)cc3c(C(N)=O)cc(F)cc32)nc1NCc1ccccc1. The predicted molar refractivity (Wildman–Crippen MR) is 121 cm³/mol. The highest BCUT2D eigenvalue weighted by Gasteiger charge is 2.18. The standard InChI is InChI=1S/C24H24FN5O2/c1-15-10-19-20(22(26)31)11-18(25)12-21(19)30(15)24-28-14-17(8-9-32-2)23(29-24)27-13-16-6-4-3-5-7-16/h3-7,10-12,14H,8-9,13H2,1-2H3,(H2,26,31)(H,27,28,29). The van der Waals surface area contributed by atoms with E-state index < -0.39 is 11.7 Å². The second kappa shape index (κ2) is 9.15. The summed E-state index contributed by atoms with van der Waals surface area (Å²) in [5, 5.41) is 3.94. The van der Waals surface area contributed by atoms with Crippen LogP contribution >= 0.6 is 0 Å². The van der Waals surface area contributed by atoms with Gasteiger partial charge in [-0.05, 0) is 30.7 Å². The summed E-state index contributed by atoms with van der Waals surface area (Å²) in [6.07, 6.45) is 2.38. The third-order valence-electron chi connectivity index (χ3n) is 5.27. The Morgan fingerprint density at radius 3 is 2.72 bits per heavy atom. The number of halogens is 1. The fourth-order valence-electron chi connectivity index (χ4n) is 3.71. The summed E-state index contributed by atoms with van der Waals surface area (Å²) >= 11 is 0. The van der Waals surface area contributed by atoms with Crippen LogP contribution in [0.25, 0.3) is 16.9 Å². The number of rotatable bonds is 8. The van der Waals surface area contributed by atoms with E-state index in [1.54, 1.807) is 23.9 Å². The van der Waals surface area contributed by atoms with Crippen molar-refractivity contribution in [2.24, 2.45) is 5.73 Å². The smallest absolute Gasteiger partial charge is 0.249 e. The van der Waals surface area contributed by atoms with Gasteiger partial charge in [-0.15, -0.1) is 0 Å². The van der Waals surface area contributed by atoms with Crippen LogP contribution in [0, 0.1) is 12.7 Å². The summed E-state index contributed by atoms with van der Waals surface area (Å²) < 4.78 is 21.2. The monoisotopic (exact) mass is 433 g/mol. The van der Waals surface area contributed by atoms with E-state index in [0.717, 1.165) is 22.9 Å². The molecule has 2 heterocycles. The highest BCUT2D eigenvalue weighted by atomic mass is 19.1. The van der Waals surface area contributed by atoms with Gasteiger partial charge in [-0.2, -0.15) is 4.98 Å². The lowest BCUT2D eigenvalue weighted by Gasteiger charge is -2.14. The van der Waals surface area contributed by atoms with Crippen molar-refractivity contribution in [3.8, 4) is 5.95 Å². The Labute approximate surface area is 185 Å². The average molecular weight is 433 g/mol. The molecule has 0 saturated carbocycles. The lowest BCUT2D eigenvalue weighted by molar-refractivity contribution is 0.100. The maximum absolute atomic E-state index is 14.3. The Morgan fingerprint density at radius 1 is 1.22 bits per heavy atom. The number of methoxy groups -OCH3 is 1. The number of aryl methyl sites for hydroxylation is 1. The predicted octanol–water partition coefficient (Wildman–Crippen LogP) is 3.77. The van der Waals surface area contributed by atoms with E-state index >= 15 is 0 Å². The molecule has 0 radical (unpaired) electrons. The molecule has 0 unspecified atom stereocenters. The zero-order valence-electron chi connectivity index (χ0n) is 17.9. The van der Waals surface area contributed by atoms with Gasteiger partial charge in [-0.25, -0.2) is 9.37 Å². The average Bonchev–Trinajstić information content (AvgIpc) is 3.12. The van der Waals surface area contributed by atoms with Crippen molar-refractivity contribution in [2.75, 3.05) is 19.0 Å². The quantitative estimate of drug-likeness (QED) is 0.441. The molecule has 8 heteroatoms. The first-order valence-corrected chi connectivity index (χ1v) is 10.2. The first kappa shape index (κ1) is 21.5. The fourth-order valence-corrected chi connectivity index (χ4v) is 3.71. The summed E-state index contributed by atoms with van der Waals surface area (Å²) in [6, 6.07) is 14.3. The number of nitrogens with zero attached hydrogens (tertiary/aromatic N) is 3. The first-order chi connectivity index (χ1) is 15.5. The number of carbonyl (C=O) groups excluding carboxylic acids is 1. The van der Waals surface area contributed by atoms with E-state index in [1.165, 1.54) is 6.07 Å². The Hall–Kier alpha value is -3.78. The van der Waals surface area contributed by atoms with Gasteiger partial charge in [0.25, 0.3) is 0 Å². The van der Waals surface area contributed by atoms with Crippen LogP contribution in [0.2, 0.25) is 0 Å². The summed E-state index contributed by atoms with van der Waals surface area (Å²) in [7, 11) is 1.65. The van der Waals surface area contributed by atoms with Gasteiger partial charge in [0.2, 0.25) is 11.9 Å². The van der Waals surface area contributed by atoms with Crippen molar-refractivity contribution in [1.82, 2.24) is 14.5 Å². The molecule has 0 saturated heterocycles. The lowest BCUT2D eigenvalue weighted by Crippen LogP contribution is -2.12. The number of fused-ring (bicyclic) bond motifs is 1. The van der Waals surface area contributed by atoms with E-state index in [2.05, 4.69) is 10.3 Å². The van der Waals surface area contributed by atoms with Crippen LogP contribution in [0.5, 0.6) is 0 Å². The summed E-state index contributed by atoms with van der Waals surface area (Å²) in [5.41, 5.74) is 8.85. The zero-order chi connectivity index (χ0) is 22.7. The highest BCUT2D eigenvalue weighted by molar-refractivity contribution is 6.06. The maximum Gasteiger partial charge on any atom is 0.249 e. The molecule has 0 bridgehead atoms. The van der Waals surface area contributed by atoms with Crippen LogP contribution in [0.15, 0.2) is 54.7 Å². The summed E-state index contributed by atoms with van der Waals surface area (Å²) in [6.45, 7) is 2.96. The van der Waals surface area contributed by atoms with E-state index in [9.17, 15) is 9.18 Å². The van der Waals surface area contributed by atoms with E-state index in [0.29, 0.717) is 42.2 Å². The molecule has 0 aliphatic heterocycles. The van der Waals surface area contributed by atoms with Gasteiger partial charge in [-0.3, -0.25) is 9.36 Å². The molecule has 7 nitrogen and oxygen atoms in total. The molecule has 0 spiro atoms. The van der Waals surface area contributed by atoms with Crippen molar-refractivity contribution in [3.05, 3.63) is 82.9 Å². The molecule has 3 N–H and O–H groups in total. The van der Waals surface area contributed by atoms with Crippen molar-refractivity contribution in [3.63, 3.8) is 0 Å². The zero-order valence-corrected chi connectivity index (χ0v) is 17.9. The van der Waals surface area contributed by atoms with Gasteiger partial charge in [0.1, 0.15) is 11.6 Å². The minimum Gasteiger partial charge on any atom is -0.384 e. The third kappa shape index (κ3) is 4.31. The molecule has 2 aromatic carbocycles. The molecule has 0 atom stereocenters. The second-order valence-electron chi connectivity index (χ2n) is 7.50. The number of ether oxygens (including phenoxy) is 1. The van der Waals surface area contributed by atoms with Crippen LogP contribution in [0.1, 0.15) is 27.2 Å². The molecule has 1 amide bonds. The summed E-state index contributed by atoms with van der Waals surface area (Å²) in [4.78, 5) is 21.1. The lowest BCUT2D eigenvalue weighted by atomic mass is 10.1. The van der Waals surface area contributed by atoms with E-state index in [1.807, 2.05) is 37.3 Å². The van der Waals surface area contributed by atoms with E-state index in [-0.39, 0.29) is 5.56 Å². The molecule has 0 fully saturated rings. The van der Waals surface area contributed by atoms with Gasteiger partial charge in [0, 0.05) is 42.9 Å². The Morgan fingerprint density at radius 2 is 2.00 bits per heavy atom. The molecule has 164 valence electrons. The van der Waals surface area contributed by atoms with Crippen molar-refractivity contribution in [1.29, 1.82) is 0 Å². The minimum atomic E-state index is -0.687. The molecule has 4 aromatic rings. The first-order valence-electron chi connectivity index (χ1n) is 10.2. The molecular formula is C24H24FN5O2. The Kier molecular flexibility index (Phi) is 6.13. The molecule has 4 rings (SSSR count). The number of carbonyl (C=O) groups is 1. The van der Waals surface area contributed by atoms with Crippen molar-refractivity contribution < 1.29 is 13.9 Å². The maximum atomic E-state index is 14.3. The molecule has 0 aliphatic rings. The number of primary amides is 1. The number of nitrogens with two attached hydrogens (primary N) is 1. The van der Waals surface area contributed by atoms with Gasteiger partial charge in [-0.1, -0.05) is 30.3 Å². The number of nitrogens with one attached hydrogen (secondary N) is 1. The van der Waals surface area contributed by atoms with Gasteiger partial charge in [0.15, 0.2) is 0 Å². The van der Waals surface area contributed by atoms with Crippen LogP contribution in [0.3, 0.4) is 0 Å². The van der Waals surface area contributed by atoms with Crippen LogP contribution in [0.4, 0.5) is 10.2 Å². The number of amides is 1. The van der Waals surface area contributed by atoms with Crippen molar-refractivity contribution >= 4 is 22.6 Å². The summed E-state index contributed by atoms with van der Waals surface area (Å²) in [5.74, 6) is -0.198. The van der Waals surface area contributed by atoms with Crippen LogP contribution in [-0.2, 0) is 17.7 Å². The Bertz CT molecular complexity index is 1270. The number of anilines is 1. The number of aromatic nitrogens is 3. The molecule has 32 heavy (non-hydrogen) atoms. The van der Waals surface area contributed by atoms with Crippen molar-refractivity contribution in [2.45, 2.75) is 19.9 Å².